The molecule has 2 rings (SSSR count). The minimum atomic E-state index is -0.138. The van der Waals surface area contributed by atoms with Crippen LogP contribution in [0.15, 0.2) is 24.3 Å². The molecule has 1 N–H and O–H groups in total. The molecule has 0 radical (unpaired) electrons. The average molecular weight is 319 g/mol. The smallest absolute Gasteiger partial charge is 0.228 e. The van der Waals surface area contributed by atoms with Crippen molar-refractivity contribution in [1.82, 2.24) is 9.97 Å². The fourth-order valence-electron chi connectivity index (χ4n) is 2.08. The predicted molar refractivity (Wildman–Crippen MR) is 89.6 cm³/mol. The van der Waals surface area contributed by atoms with E-state index >= 15 is 0 Å². The number of benzene rings is 1. The molecular weight excluding hydrogens is 300 g/mol. The lowest BCUT2D eigenvalue weighted by molar-refractivity contribution is -0.115. The van der Waals surface area contributed by atoms with Crippen molar-refractivity contribution in [3.05, 3.63) is 46.2 Å². The van der Waals surface area contributed by atoms with Crippen molar-refractivity contribution in [2.45, 2.75) is 20.3 Å². The van der Waals surface area contributed by atoms with Gasteiger partial charge in [-0.05, 0) is 25.5 Å². The topological polar surface area (TPSA) is 58.1 Å². The predicted octanol–water partition coefficient (Wildman–Crippen LogP) is 2.99. The maximum Gasteiger partial charge on any atom is 0.228 e. The highest BCUT2D eigenvalue weighted by Gasteiger charge is 2.13. The Kier molecular flexibility index (Phi) is 4.98. The Morgan fingerprint density at radius 3 is 2.32 bits per heavy atom. The van der Waals surface area contributed by atoms with Gasteiger partial charge in [0.05, 0.1) is 23.5 Å². The molecule has 0 spiro atoms. The van der Waals surface area contributed by atoms with E-state index in [1.54, 1.807) is 6.07 Å². The lowest BCUT2D eigenvalue weighted by Crippen LogP contribution is -2.19. The van der Waals surface area contributed by atoms with Crippen molar-refractivity contribution in [3.8, 4) is 0 Å². The highest BCUT2D eigenvalue weighted by Crippen LogP contribution is 2.21. The summed E-state index contributed by atoms with van der Waals surface area (Å²) in [4.78, 5) is 22.8. The molecule has 2 aromatic rings. The largest absolute Gasteiger partial charge is 0.347 e. The van der Waals surface area contributed by atoms with E-state index in [4.69, 9.17) is 11.6 Å². The van der Waals surface area contributed by atoms with Crippen LogP contribution in [0.3, 0.4) is 0 Å². The van der Waals surface area contributed by atoms with Gasteiger partial charge in [-0.2, -0.15) is 0 Å². The molecule has 0 aliphatic carbocycles. The van der Waals surface area contributed by atoms with E-state index in [0.717, 1.165) is 17.0 Å². The second kappa shape index (κ2) is 6.75. The van der Waals surface area contributed by atoms with Gasteiger partial charge < -0.3 is 10.2 Å². The van der Waals surface area contributed by atoms with Crippen LogP contribution in [0.5, 0.6) is 0 Å². The van der Waals surface area contributed by atoms with Gasteiger partial charge in [-0.3, -0.25) is 4.79 Å². The van der Waals surface area contributed by atoms with Crippen LogP contribution in [0.1, 0.15) is 17.0 Å². The Morgan fingerprint density at radius 1 is 1.18 bits per heavy atom. The van der Waals surface area contributed by atoms with Crippen molar-refractivity contribution in [3.63, 3.8) is 0 Å². The first-order valence-electron chi connectivity index (χ1n) is 6.94. The van der Waals surface area contributed by atoms with Crippen LogP contribution in [0.25, 0.3) is 0 Å². The summed E-state index contributed by atoms with van der Waals surface area (Å²) in [5.41, 5.74) is 2.93. The first-order valence-corrected chi connectivity index (χ1v) is 7.32. The number of carbonyl (C=O) groups excluding carboxylic acids is 1. The summed E-state index contributed by atoms with van der Waals surface area (Å²) >= 11 is 6.08. The molecule has 0 aliphatic heterocycles. The summed E-state index contributed by atoms with van der Waals surface area (Å²) in [5.74, 6) is 0.486. The number of nitrogens with zero attached hydrogens (tertiary/aromatic N) is 3. The first kappa shape index (κ1) is 16.2. The van der Waals surface area contributed by atoms with Crippen LogP contribution < -0.4 is 10.2 Å². The molecule has 1 aromatic carbocycles. The summed E-state index contributed by atoms with van der Waals surface area (Å²) in [7, 11) is 3.76. The van der Waals surface area contributed by atoms with Crippen LogP contribution >= 0.6 is 11.6 Å². The van der Waals surface area contributed by atoms with Gasteiger partial charge in [-0.1, -0.05) is 29.8 Å². The molecule has 116 valence electrons. The molecule has 5 nitrogen and oxygen atoms in total. The quantitative estimate of drug-likeness (QED) is 0.941. The Labute approximate surface area is 135 Å². The second-order valence-corrected chi connectivity index (χ2v) is 5.69. The van der Waals surface area contributed by atoms with Crippen LogP contribution in [0.2, 0.25) is 5.02 Å². The monoisotopic (exact) mass is 318 g/mol. The summed E-state index contributed by atoms with van der Waals surface area (Å²) in [6.45, 7) is 3.71. The summed E-state index contributed by atoms with van der Waals surface area (Å²) in [6, 6.07) is 7.31. The molecule has 0 aliphatic rings. The SMILES string of the molecule is Cc1nc(N(C)C)nc(C)c1NC(=O)Cc1ccccc1Cl. The van der Waals surface area contributed by atoms with E-state index in [9.17, 15) is 4.79 Å². The van der Waals surface area contributed by atoms with E-state index in [2.05, 4.69) is 15.3 Å². The Hall–Kier alpha value is -2.14. The highest BCUT2D eigenvalue weighted by molar-refractivity contribution is 6.31. The van der Waals surface area contributed by atoms with Gasteiger partial charge in [0, 0.05) is 19.1 Å². The summed E-state index contributed by atoms with van der Waals surface area (Å²) in [6.07, 6.45) is 0.216. The van der Waals surface area contributed by atoms with E-state index < -0.39 is 0 Å². The third kappa shape index (κ3) is 3.74. The lowest BCUT2D eigenvalue weighted by atomic mass is 10.1. The minimum absolute atomic E-state index is 0.138. The summed E-state index contributed by atoms with van der Waals surface area (Å²) in [5, 5.41) is 3.47. The molecule has 0 saturated carbocycles. The maximum absolute atomic E-state index is 12.2. The zero-order chi connectivity index (χ0) is 16.3. The average Bonchev–Trinajstić information content (AvgIpc) is 2.45. The molecule has 0 saturated heterocycles. The fourth-order valence-corrected chi connectivity index (χ4v) is 2.28. The third-order valence-electron chi connectivity index (χ3n) is 3.23. The third-order valence-corrected chi connectivity index (χ3v) is 3.60. The first-order chi connectivity index (χ1) is 10.4. The molecule has 0 unspecified atom stereocenters. The zero-order valence-electron chi connectivity index (χ0n) is 13.1. The van der Waals surface area contributed by atoms with E-state index in [-0.39, 0.29) is 12.3 Å². The number of hydrogen-bond donors (Lipinski definition) is 1. The van der Waals surface area contributed by atoms with Crippen molar-refractivity contribution in [2.24, 2.45) is 0 Å². The van der Waals surface area contributed by atoms with Crippen LogP contribution in [0, 0.1) is 13.8 Å². The van der Waals surface area contributed by atoms with Crippen LogP contribution in [-0.4, -0.2) is 30.0 Å². The molecule has 6 heteroatoms. The fraction of sp³-hybridized carbons (Fsp3) is 0.312. The normalized spacial score (nSPS) is 10.4. The molecule has 1 aromatic heterocycles. The molecule has 0 bridgehead atoms. The molecule has 22 heavy (non-hydrogen) atoms. The number of anilines is 2. The van der Waals surface area contributed by atoms with E-state index in [1.807, 2.05) is 51.0 Å². The van der Waals surface area contributed by atoms with Gasteiger partial charge in [0.2, 0.25) is 11.9 Å². The number of nitrogens with one attached hydrogen (secondary N) is 1. The number of halogens is 1. The lowest BCUT2D eigenvalue weighted by Gasteiger charge is -2.15. The van der Waals surface area contributed by atoms with Gasteiger partial charge in [0.15, 0.2) is 0 Å². The van der Waals surface area contributed by atoms with Gasteiger partial charge in [0.1, 0.15) is 0 Å². The second-order valence-electron chi connectivity index (χ2n) is 5.28. The van der Waals surface area contributed by atoms with Crippen molar-refractivity contribution < 1.29 is 4.79 Å². The van der Waals surface area contributed by atoms with Crippen molar-refractivity contribution >= 4 is 29.1 Å². The Bertz CT molecular complexity index is 677. The van der Waals surface area contributed by atoms with Gasteiger partial charge in [0.25, 0.3) is 0 Å². The zero-order valence-corrected chi connectivity index (χ0v) is 13.9. The Balaban J connectivity index is 2.17. The molecular formula is C16H19ClN4O. The molecule has 0 fully saturated rings. The van der Waals surface area contributed by atoms with Crippen molar-refractivity contribution in [1.29, 1.82) is 0 Å². The van der Waals surface area contributed by atoms with E-state index in [1.165, 1.54) is 0 Å². The van der Waals surface area contributed by atoms with Gasteiger partial charge in [-0.25, -0.2) is 9.97 Å². The van der Waals surface area contributed by atoms with Crippen LogP contribution in [-0.2, 0) is 11.2 Å². The molecule has 0 atom stereocenters. The number of amides is 1. The minimum Gasteiger partial charge on any atom is -0.347 e. The standard InChI is InChI=1S/C16H19ClN4O/c1-10-15(11(2)19-16(18-10)21(3)4)20-14(22)9-12-7-5-6-8-13(12)17/h5-8H,9H2,1-4H3,(H,20,22). The number of aryl methyl sites for hydroxylation is 2. The highest BCUT2D eigenvalue weighted by atomic mass is 35.5. The molecule has 1 amide bonds. The molecule has 1 heterocycles. The maximum atomic E-state index is 12.2. The number of hydrogen-bond acceptors (Lipinski definition) is 4. The number of aromatic nitrogens is 2. The number of rotatable bonds is 4. The Morgan fingerprint density at radius 2 is 1.77 bits per heavy atom. The van der Waals surface area contributed by atoms with Gasteiger partial charge >= 0.3 is 0 Å². The van der Waals surface area contributed by atoms with E-state index in [0.29, 0.717) is 16.7 Å². The summed E-state index contributed by atoms with van der Waals surface area (Å²) < 4.78 is 0. The van der Waals surface area contributed by atoms with Crippen molar-refractivity contribution in [2.75, 3.05) is 24.3 Å². The van der Waals surface area contributed by atoms with Crippen LogP contribution in [0.4, 0.5) is 11.6 Å². The number of carbonyl (C=O) groups is 1. The van der Waals surface area contributed by atoms with Gasteiger partial charge in [-0.15, -0.1) is 0 Å².